The molecule has 2 rings (SSSR count). The lowest BCUT2D eigenvalue weighted by atomic mass is 10.1. The molecule has 11 heteroatoms. The van der Waals surface area contributed by atoms with Gasteiger partial charge in [0.05, 0.1) is 16.7 Å². The zero-order valence-corrected chi connectivity index (χ0v) is 13.6. The Kier molecular flexibility index (Phi) is 4.65. The van der Waals surface area contributed by atoms with E-state index in [1.54, 1.807) is 6.92 Å². The summed E-state index contributed by atoms with van der Waals surface area (Å²) in [7, 11) is -4.10. The molecule has 2 aromatic rings. The molecule has 7 nitrogen and oxygen atoms in total. The molecule has 0 atom stereocenters. The molecule has 0 spiro atoms. The van der Waals surface area contributed by atoms with Gasteiger partial charge in [-0.3, -0.25) is 0 Å². The number of alkyl halides is 3. The van der Waals surface area contributed by atoms with Crippen molar-refractivity contribution in [2.45, 2.75) is 24.9 Å². The minimum Gasteiger partial charge on any atom is -0.331 e. The molecule has 1 heterocycles. The fourth-order valence-corrected chi connectivity index (χ4v) is 3.24. The molecule has 0 unspecified atom stereocenters. The quantitative estimate of drug-likeness (QED) is 0.612. The van der Waals surface area contributed by atoms with Gasteiger partial charge in [0.25, 0.3) is 0 Å². The van der Waals surface area contributed by atoms with Gasteiger partial charge >= 0.3 is 12.1 Å². The Morgan fingerprint density at radius 1 is 1.25 bits per heavy atom. The van der Waals surface area contributed by atoms with E-state index >= 15 is 0 Å². The highest BCUT2D eigenvalue weighted by molar-refractivity contribution is 7.90. The maximum absolute atomic E-state index is 13.0. The van der Waals surface area contributed by atoms with Crippen LogP contribution < -0.4 is 4.84 Å². The van der Waals surface area contributed by atoms with Crippen LogP contribution in [0.3, 0.4) is 0 Å². The van der Waals surface area contributed by atoms with Gasteiger partial charge < -0.3 is 4.84 Å². The molecule has 0 aliphatic heterocycles. The highest BCUT2D eigenvalue weighted by Gasteiger charge is 2.37. The number of hydrogen-bond acceptors (Lipinski definition) is 7. The maximum Gasteiger partial charge on any atom is 0.417 e. The van der Waals surface area contributed by atoms with E-state index in [-0.39, 0.29) is 17.0 Å². The third kappa shape index (κ3) is 3.72. The van der Waals surface area contributed by atoms with E-state index in [4.69, 9.17) is 4.84 Å². The molecule has 0 aliphatic rings. The van der Waals surface area contributed by atoms with Crippen LogP contribution in [0, 0.1) is 13.8 Å². The highest BCUT2D eigenvalue weighted by atomic mass is 32.2. The molecule has 0 bridgehead atoms. The van der Waals surface area contributed by atoms with Crippen molar-refractivity contribution in [2.24, 2.45) is 5.16 Å². The Hall–Kier alpha value is -2.43. The van der Waals surface area contributed by atoms with Crippen LogP contribution in [0.4, 0.5) is 13.2 Å². The van der Waals surface area contributed by atoms with E-state index < -0.39 is 26.5 Å². The van der Waals surface area contributed by atoms with Crippen LogP contribution in [0.1, 0.15) is 22.4 Å². The lowest BCUT2D eigenvalue weighted by Gasteiger charge is -2.15. The third-order valence-corrected chi connectivity index (χ3v) is 4.33. The van der Waals surface area contributed by atoms with Crippen molar-refractivity contribution in [3.05, 3.63) is 34.5 Å². The van der Waals surface area contributed by atoms with Gasteiger partial charge in [-0.15, -0.1) is 0 Å². The first-order valence-corrected chi connectivity index (χ1v) is 8.31. The summed E-state index contributed by atoms with van der Waals surface area (Å²) >= 11 is 0. The first kappa shape index (κ1) is 17.9. The minimum absolute atomic E-state index is 0.0147. The van der Waals surface area contributed by atoms with Gasteiger partial charge in [0.15, 0.2) is 9.84 Å². The summed E-state index contributed by atoms with van der Waals surface area (Å²) < 4.78 is 67.0. The minimum atomic E-state index is -4.79. The van der Waals surface area contributed by atoms with Crippen LogP contribution in [0.15, 0.2) is 26.8 Å². The van der Waals surface area contributed by atoms with Crippen LogP contribution in [0.2, 0.25) is 0 Å². The van der Waals surface area contributed by atoms with Gasteiger partial charge in [-0.25, -0.2) is 13.0 Å². The molecule has 0 radical (unpaired) electrons. The number of hydrogen-bond donors (Lipinski definition) is 0. The molecule has 130 valence electrons. The smallest absolute Gasteiger partial charge is 0.331 e. The molecular formula is C13H12F3N3O4S. The van der Waals surface area contributed by atoms with E-state index in [9.17, 15) is 21.6 Å². The number of benzene rings is 1. The van der Waals surface area contributed by atoms with Crippen molar-refractivity contribution in [3.8, 4) is 5.88 Å². The van der Waals surface area contributed by atoms with Gasteiger partial charge in [-0.05, 0) is 30.6 Å². The van der Waals surface area contributed by atoms with Gasteiger partial charge in [-0.1, -0.05) is 16.4 Å². The van der Waals surface area contributed by atoms with Gasteiger partial charge in [0.2, 0.25) is 0 Å². The number of aromatic nitrogens is 2. The molecule has 0 saturated carbocycles. The average Bonchev–Trinajstić information content (AvgIpc) is 2.83. The Balaban J connectivity index is 2.44. The van der Waals surface area contributed by atoms with Crippen LogP contribution in [0.5, 0.6) is 5.88 Å². The summed E-state index contributed by atoms with van der Waals surface area (Å²) in [5.74, 6) is -0.0147. The van der Waals surface area contributed by atoms with E-state index in [1.165, 1.54) is 6.92 Å². The van der Waals surface area contributed by atoms with Gasteiger partial charge in [0.1, 0.15) is 5.69 Å². The monoisotopic (exact) mass is 363 g/mol. The van der Waals surface area contributed by atoms with Gasteiger partial charge in [-0.2, -0.15) is 13.2 Å². The second-order valence-corrected chi connectivity index (χ2v) is 6.86. The molecule has 0 fully saturated rings. The topological polar surface area (TPSA) is 94.7 Å². The summed E-state index contributed by atoms with van der Waals surface area (Å²) in [6, 6.07) is 1.79. The van der Waals surface area contributed by atoms with Crippen molar-refractivity contribution in [2.75, 3.05) is 6.26 Å². The summed E-state index contributed by atoms with van der Waals surface area (Å²) in [4.78, 5) is 4.10. The summed E-state index contributed by atoms with van der Waals surface area (Å²) in [6.07, 6.45) is -3.00. The number of sulfone groups is 1. The standard InChI is InChI=1S/C13H12F3N3O4S/c1-7-9(6-17-22-12-8(2)18-23-19-12)4-5-10(13(14,15)16)11(7)24(3,20)21/h4-6H,1-3H3. The molecular weight excluding hydrogens is 351 g/mol. The fourth-order valence-electron chi connectivity index (χ4n) is 1.99. The Labute approximate surface area is 135 Å². The number of oxime groups is 1. The van der Waals surface area contributed by atoms with Crippen molar-refractivity contribution in [1.29, 1.82) is 0 Å². The van der Waals surface area contributed by atoms with E-state index in [0.29, 0.717) is 18.0 Å². The Morgan fingerprint density at radius 3 is 2.42 bits per heavy atom. The van der Waals surface area contributed by atoms with Crippen LogP contribution in [-0.2, 0) is 16.0 Å². The number of rotatable bonds is 4. The molecule has 0 amide bonds. The second-order valence-electron chi connectivity index (χ2n) is 4.91. The first-order valence-electron chi connectivity index (χ1n) is 6.42. The normalized spacial score (nSPS) is 12.8. The lowest BCUT2D eigenvalue weighted by Crippen LogP contribution is -2.15. The van der Waals surface area contributed by atoms with Crippen molar-refractivity contribution >= 4 is 16.1 Å². The molecule has 0 saturated heterocycles. The van der Waals surface area contributed by atoms with E-state index in [2.05, 4.69) is 20.1 Å². The SMILES string of the molecule is Cc1nonc1ON=Cc1ccc(C(F)(F)F)c(S(C)(=O)=O)c1C. The van der Waals surface area contributed by atoms with Crippen LogP contribution in [0.25, 0.3) is 0 Å². The van der Waals surface area contributed by atoms with Crippen molar-refractivity contribution in [1.82, 2.24) is 10.3 Å². The summed E-state index contributed by atoms with van der Waals surface area (Å²) in [5.41, 5.74) is -0.836. The predicted octanol–water partition coefficient (Wildman–Crippen LogP) is 2.52. The molecule has 24 heavy (non-hydrogen) atoms. The van der Waals surface area contributed by atoms with Crippen molar-refractivity contribution in [3.63, 3.8) is 0 Å². The average molecular weight is 363 g/mol. The van der Waals surface area contributed by atoms with E-state index in [0.717, 1.165) is 12.3 Å². The zero-order chi connectivity index (χ0) is 18.1. The van der Waals surface area contributed by atoms with Gasteiger partial charge in [0, 0.05) is 11.8 Å². The predicted molar refractivity (Wildman–Crippen MR) is 76.5 cm³/mol. The number of halogens is 3. The zero-order valence-electron chi connectivity index (χ0n) is 12.7. The number of nitrogens with zero attached hydrogens (tertiary/aromatic N) is 3. The Bertz CT molecular complexity index is 888. The lowest BCUT2D eigenvalue weighted by molar-refractivity contribution is -0.139. The molecule has 0 N–H and O–H groups in total. The second kappa shape index (κ2) is 6.23. The molecule has 0 aliphatic carbocycles. The first-order chi connectivity index (χ1) is 11.0. The largest absolute Gasteiger partial charge is 0.417 e. The Morgan fingerprint density at radius 2 is 1.92 bits per heavy atom. The van der Waals surface area contributed by atoms with Crippen molar-refractivity contribution < 1.29 is 31.1 Å². The fraction of sp³-hybridized carbons (Fsp3) is 0.308. The maximum atomic E-state index is 13.0. The van der Waals surface area contributed by atoms with Crippen LogP contribution >= 0.6 is 0 Å². The molecule has 1 aromatic heterocycles. The number of aryl methyl sites for hydroxylation is 1. The summed E-state index contributed by atoms with van der Waals surface area (Å²) in [5, 5.41) is 10.4. The molecule has 1 aromatic carbocycles. The third-order valence-electron chi connectivity index (χ3n) is 3.07. The summed E-state index contributed by atoms with van der Waals surface area (Å²) in [6.45, 7) is 2.81. The van der Waals surface area contributed by atoms with Crippen LogP contribution in [-0.4, -0.2) is 31.2 Å². The van der Waals surface area contributed by atoms with E-state index in [1.807, 2.05) is 0 Å². The highest BCUT2D eigenvalue weighted by Crippen LogP contribution is 2.36.